The van der Waals surface area contributed by atoms with Gasteiger partial charge in [0.2, 0.25) is 0 Å². The molecule has 8 heteroatoms. The van der Waals surface area contributed by atoms with E-state index in [9.17, 15) is 14.4 Å². The van der Waals surface area contributed by atoms with Crippen molar-refractivity contribution in [2.45, 2.75) is 39.7 Å². The van der Waals surface area contributed by atoms with Crippen LogP contribution in [0.25, 0.3) is 11.0 Å². The number of esters is 2. The van der Waals surface area contributed by atoms with Crippen molar-refractivity contribution in [3.8, 4) is 5.75 Å². The van der Waals surface area contributed by atoms with Crippen LogP contribution >= 0.6 is 11.6 Å². The summed E-state index contributed by atoms with van der Waals surface area (Å²) in [4.78, 5) is 35.4. The van der Waals surface area contributed by atoms with E-state index in [2.05, 4.69) is 4.74 Å². The van der Waals surface area contributed by atoms with E-state index < -0.39 is 17.7 Å². The van der Waals surface area contributed by atoms with Crippen molar-refractivity contribution in [3.05, 3.63) is 38.7 Å². The standard InChI is InChI=1S/C19H21ClO7/c1-5-25-17(21)7-6-12-10(2)13-8-14(20)16(9-15(13)27-19(12)23)26-11(3)18(22)24-4/h8-9,11H,5-7H2,1-4H3/t11-/m0/s1. The average molecular weight is 397 g/mol. The second-order valence-electron chi connectivity index (χ2n) is 5.86. The van der Waals surface area contributed by atoms with Gasteiger partial charge in [-0.3, -0.25) is 4.79 Å². The second kappa shape index (κ2) is 8.90. The van der Waals surface area contributed by atoms with Crippen molar-refractivity contribution in [1.29, 1.82) is 0 Å². The molecule has 0 N–H and O–H groups in total. The third kappa shape index (κ3) is 4.80. The van der Waals surface area contributed by atoms with Crippen LogP contribution in [0.3, 0.4) is 0 Å². The fourth-order valence-electron chi connectivity index (χ4n) is 2.63. The topological polar surface area (TPSA) is 92.0 Å². The van der Waals surface area contributed by atoms with Crippen LogP contribution < -0.4 is 10.4 Å². The van der Waals surface area contributed by atoms with Crippen LogP contribution in [0.15, 0.2) is 21.3 Å². The molecule has 146 valence electrons. The Morgan fingerprint density at radius 1 is 1.30 bits per heavy atom. The molecule has 1 aromatic carbocycles. The van der Waals surface area contributed by atoms with E-state index >= 15 is 0 Å². The summed E-state index contributed by atoms with van der Waals surface area (Å²) >= 11 is 6.26. The minimum atomic E-state index is -0.873. The molecule has 1 atom stereocenters. The summed E-state index contributed by atoms with van der Waals surface area (Å²) in [5.41, 5.74) is 0.788. The molecular formula is C19H21ClO7. The summed E-state index contributed by atoms with van der Waals surface area (Å²) < 4.78 is 20.4. The highest BCUT2D eigenvalue weighted by molar-refractivity contribution is 6.32. The van der Waals surface area contributed by atoms with E-state index in [-0.39, 0.29) is 41.8 Å². The molecule has 0 fully saturated rings. The summed E-state index contributed by atoms with van der Waals surface area (Å²) in [5.74, 6) is -0.739. The third-order valence-corrected chi connectivity index (χ3v) is 4.36. The number of rotatable bonds is 7. The lowest BCUT2D eigenvalue weighted by molar-refractivity contribution is -0.148. The molecular weight excluding hydrogens is 376 g/mol. The van der Waals surface area contributed by atoms with Gasteiger partial charge in [-0.2, -0.15) is 0 Å². The van der Waals surface area contributed by atoms with E-state index in [4.69, 9.17) is 25.5 Å². The van der Waals surface area contributed by atoms with Gasteiger partial charge in [0.15, 0.2) is 6.10 Å². The van der Waals surface area contributed by atoms with Crippen LogP contribution in [0.1, 0.15) is 31.4 Å². The molecule has 0 unspecified atom stereocenters. The van der Waals surface area contributed by atoms with Crippen LogP contribution in [-0.4, -0.2) is 31.8 Å². The molecule has 1 heterocycles. The SMILES string of the molecule is CCOC(=O)CCc1c(C)c2cc(Cl)c(O[C@@H](C)C(=O)OC)cc2oc1=O. The molecule has 27 heavy (non-hydrogen) atoms. The number of carbonyl (C=O) groups is 2. The van der Waals surface area contributed by atoms with Gasteiger partial charge < -0.3 is 18.6 Å². The second-order valence-corrected chi connectivity index (χ2v) is 6.27. The van der Waals surface area contributed by atoms with Gasteiger partial charge >= 0.3 is 17.6 Å². The number of aryl methyl sites for hydroxylation is 1. The lowest BCUT2D eigenvalue weighted by Crippen LogP contribution is -2.25. The smallest absolute Gasteiger partial charge is 0.346 e. The molecule has 0 saturated heterocycles. The molecule has 0 spiro atoms. The number of hydrogen-bond donors (Lipinski definition) is 0. The fraction of sp³-hybridized carbons (Fsp3) is 0.421. The first-order valence-electron chi connectivity index (χ1n) is 8.44. The minimum absolute atomic E-state index is 0.0799. The first-order chi connectivity index (χ1) is 12.8. The summed E-state index contributed by atoms with van der Waals surface area (Å²) in [7, 11) is 1.25. The Morgan fingerprint density at radius 2 is 2.00 bits per heavy atom. The molecule has 0 amide bonds. The minimum Gasteiger partial charge on any atom is -0.477 e. The highest BCUT2D eigenvalue weighted by atomic mass is 35.5. The quantitative estimate of drug-likeness (QED) is 0.524. The average Bonchev–Trinajstić information content (AvgIpc) is 2.62. The van der Waals surface area contributed by atoms with Gasteiger partial charge in [-0.1, -0.05) is 11.6 Å². The predicted molar refractivity (Wildman–Crippen MR) is 99.3 cm³/mol. The molecule has 7 nitrogen and oxygen atoms in total. The Labute approximate surface area is 161 Å². The van der Waals surface area contributed by atoms with Crippen LogP contribution in [0.4, 0.5) is 0 Å². The van der Waals surface area contributed by atoms with Gasteiger partial charge in [0.05, 0.1) is 18.7 Å². The van der Waals surface area contributed by atoms with E-state index in [1.807, 2.05) is 0 Å². The number of halogens is 1. The largest absolute Gasteiger partial charge is 0.477 e. The van der Waals surface area contributed by atoms with Crippen molar-refractivity contribution in [2.24, 2.45) is 0 Å². The predicted octanol–water partition coefficient (Wildman–Crippen LogP) is 3.19. The Kier molecular flexibility index (Phi) is 6.85. The van der Waals surface area contributed by atoms with E-state index in [1.54, 1.807) is 19.9 Å². The normalized spacial score (nSPS) is 11.9. The molecule has 0 saturated carbocycles. The summed E-state index contributed by atoms with van der Waals surface area (Å²) in [6.45, 7) is 5.28. The highest BCUT2D eigenvalue weighted by Gasteiger charge is 2.19. The summed E-state index contributed by atoms with van der Waals surface area (Å²) in [5, 5.41) is 0.878. The Balaban J connectivity index is 2.38. The molecule has 2 aromatic rings. The van der Waals surface area contributed by atoms with Crippen LogP contribution in [0.5, 0.6) is 5.75 Å². The molecule has 0 radical (unpaired) electrons. The number of ether oxygens (including phenoxy) is 3. The summed E-state index contributed by atoms with van der Waals surface area (Å²) in [6.07, 6.45) is -0.587. The zero-order valence-electron chi connectivity index (χ0n) is 15.6. The van der Waals surface area contributed by atoms with E-state index in [0.717, 1.165) is 0 Å². The van der Waals surface area contributed by atoms with Crippen molar-refractivity contribution < 1.29 is 28.2 Å². The van der Waals surface area contributed by atoms with Gasteiger partial charge in [-0.25, -0.2) is 9.59 Å². The molecule has 0 aliphatic heterocycles. The maximum absolute atomic E-state index is 12.3. The van der Waals surface area contributed by atoms with Crippen molar-refractivity contribution in [3.63, 3.8) is 0 Å². The Morgan fingerprint density at radius 3 is 2.63 bits per heavy atom. The van der Waals surface area contributed by atoms with Gasteiger partial charge in [0.1, 0.15) is 11.3 Å². The van der Waals surface area contributed by atoms with Gasteiger partial charge in [-0.15, -0.1) is 0 Å². The zero-order valence-corrected chi connectivity index (χ0v) is 16.3. The van der Waals surface area contributed by atoms with Gasteiger partial charge in [0, 0.05) is 23.4 Å². The Hall–Kier alpha value is -2.54. The van der Waals surface area contributed by atoms with Crippen molar-refractivity contribution >= 4 is 34.5 Å². The monoisotopic (exact) mass is 396 g/mol. The number of hydrogen-bond acceptors (Lipinski definition) is 7. The summed E-state index contributed by atoms with van der Waals surface area (Å²) in [6, 6.07) is 3.06. The highest BCUT2D eigenvalue weighted by Crippen LogP contribution is 2.32. The van der Waals surface area contributed by atoms with Crippen molar-refractivity contribution in [1.82, 2.24) is 0 Å². The Bertz CT molecular complexity index is 916. The van der Waals surface area contributed by atoms with E-state index in [0.29, 0.717) is 16.5 Å². The van der Waals surface area contributed by atoms with E-state index in [1.165, 1.54) is 20.1 Å². The first kappa shape index (κ1) is 20.8. The lowest BCUT2D eigenvalue weighted by Gasteiger charge is -2.15. The zero-order chi connectivity index (χ0) is 20.1. The van der Waals surface area contributed by atoms with Gasteiger partial charge in [0.25, 0.3) is 0 Å². The molecule has 0 aliphatic carbocycles. The number of benzene rings is 1. The van der Waals surface area contributed by atoms with Gasteiger partial charge in [-0.05, 0) is 38.8 Å². The first-order valence-corrected chi connectivity index (χ1v) is 8.82. The number of fused-ring (bicyclic) bond motifs is 1. The van der Waals surface area contributed by atoms with Crippen LogP contribution in [0, 0.1) is 6.92 Å². The molecule has 0 aliphatic rings. The van der Waals surface area contributed by atoms with Crippen LogP contribution in [-0.2, 0) is 25.5 Å². The number of carbonyl (C=O) groups excluding carboxylic acids is 2. The number of methoxy groups -OCH3 is 1. The molecule has 0 bridgehead atoms. The molecule has 2 rings (SSSR count). The van der Waals surface area contributed by atoms with Crippen LogP contribution in [0.2, 0.25) is 5.02 Å². The fourth-order valence-corrected chi connectivity index (χ4v) is 2.84. The molecule has 1 aromatic heterocycles. The maximum Gasteiger partial charge on any atom is 0.346 e. The van der Waals surface area contributed by atoms with Crippen molar-refractivity contribution in [2.75, 3.05) is 13.7 Å². The third-order valence-electron chi connectivity index (χ3n) is 4.06. The maximum atomic E-state index is 12.3. The lowest BCUT2D eigenvalue weighted by atomic mass is 10.0.